The van der Waals surface area contributed by atoms with Crippen molar-refractivity contribution < 1.29 is 18.7 Å². The van der Waals surface area contributed by atoms with Gasteiger partial charge in [0.2, 0.25) is 0 Å². The van der Waals surface area contributed by atoms with Crippen LogP contribution in [-0.2, 0) is 19.9 Å². The van der Waals surface area contributed by atoms with E-state index in [1.165, 1.54) is 25.6 Å². The molecule has 1 aliphatic rings. The number of hydrogen-bond acceptors (Lipinski definition) is 6. The standard InChI is InChI=1S/C20H22ClFN4O3S/c1-20(13-10-23-12-24-11-13,19(28)25-14-6-8-29-9-7-14)26(18(27)17(21)22)15-2-4-16(30)5-3-15/h2-5,10-12,14,17,30H,6-9H2,1H3,(H,25,28)/t17-,20+/m0/s1. The number of amides is 2. The molecule has 0 radical (unpaired) electrons. The molecule has 1 aromatic heterocycles. The summed E-state index contributed by atoms with van der Waals surface area (Å²) in [4.78, 5) is 36.1. The number of carbonyl (C=O) groups excluding carboxylic acids is 2. The quantitative estimate of drug-likeness (QED) is 0.520. The number of benzene rings is 1. The van der Waals surface area contributed by atoms with Crippen LogP contribution in [0.3, 0.4) is 0 Å². The van der Waals surface area contributed by atoms with Gasteiger partial charge in [-0.2, -0.15) is 0 Å². The molecule has 2 aromatic rings. The van der Waals surface area contributed by atoms with Crippen LogP contribution in [0.25, 0.3) is 0 Å². The van der Waals surface area contributed by atoms with E-state index in [4.69, 9.17) is 16.3 Å². The first-order valence-corrected chi connectivity index (χ1v) is 10.3. The molecule has 0 unspecified atom stereocenters. The minimum atomic E-state index is -2.35. The number of halogens is 2. The van der Waals surface area contributed by atoms with Crippen molar-refractivity contribution >= 4 is 41.7 Å². The lowest BCUT2D eigenvalue weighted by Crippen LogP contribution is -2.60. The summed E-state index contributed by atoms with van der Waals surface area (Å²) in [6.45, 7) is 2.57. The molecular weight excluding hydrogens is 431 g/mol. The van der Waals surface area contributed by atoms with Gasteiger partial charge in [0, 0.05) is 47.8 Å². The van der Waals surface area contributed by atoms with E-state index in [9.17, 15) is 14.0 Å². The average molecular weight is 453 g/mol. The maximum atomic E-state index is 14.1. The molecule has 1 N–H and O–H groups in total. The molecule has 160 valence electrons. The molecule has 0 aliphatic carbocycles. The Kier molecular flexibility index (Phi) is 7.27. The molecule has 1 saturated heterocycles. The van der Waals surface area contributed by atoms with E-state index in [0.717, 1.165) is 4.90 Å². The molecule has 2 amide bonds. The lowest BCUT2D eigenvalue weighted by molar-refractivity contribution is -0.132. The smallest absolute Gasteiger partial charge is 0.278 e. The largest absolute Gasteiger partial charge is 0.381 e. The zero-order valence-corrected chi connectivity index (χ0v) is 17.9. The SMILES string of the molecule is C[C@](C(=O)NC1CCOCC1)(c1cncnc1)N(C(=O)[C@H](F)Cl)c1ccc(S)cc1. The van der Waals surface area contributed by atoms with Crippen LogP contribution in [-0.4, -0.2) is 46.7 Å². The summed E-state index contributed by atoms with van der Waals surface area (Å²) in [6, 6.07) is 6.29. The van der Waals surface area contributed by atoms with Gasteiger partial charge in [0.05, 0.1) is 0 Å². The molecule has 7 nitrogen and oxygen atoms in total. The molecule has 0 saturated carbocycles. The van der Waals surface area contributed by atoms with Gasteiger partial charge < -0.3 is 10.1 Å². The highest BCUT2D eigenvalue weighted by molar-refractivity contribution is 7.80. The maximum absolute atomic E-state index is 14.1. The average Bonchev–Trinajstić information content (AvgIpc) is 2.76. The number of alkyl halides is 2. The molecule has 10 heteroatoms. The molecule has 1 fully saturated rings. The number of anilines is 1. The van der Waals surface area contributed by atoms with Crippen LogP contribution in [0.5, 0.6) is 0 Å². The van der Waals surface area contributed by atoms with E-state index < -0.39 is 23.0 Å². The van der Waals surface area contributed by atoms with Gasteiger partial charge in [0.1, 0.15) is 6.33 Å². The van der Waals surface area contributed by atoms with Crippen LogP contribution in [0, 0.1) is 0 Å². The highest BCUT2D eigenvalue weighted by Gasteiger charge is 2.47. The van der Waals surface area contributed by atoms with Gasteiger partial charge in [0.25, 0.3) is 17.4 Å². The number of carbonyl (C=O) groups is 2. The summed E-state index contributed by atoms with van der Waals surface area (Å²) in [7, 11) is 0. The van der Waals surface area contributed by atoms with Gasteiger partial charge in [-0.15, -0.1) is 12.6 Å². The van der Waals surface area contributed by atoms with Gasteiger partial charge in [-0.25, -0.2) is 14.4 Å². The molecule has 1 aliphatic heterocycles. The first kappa shape index (κ1) is 22.5. The van der Waals surface area contributed by atoms with E-state index in [1.54, 1.807) is 24.3 Å². The van der Waals surface area contributed by atoms with E-state index in [0.29, 0.717) is 36.5 Å². The minimum Gasteiger partial charge on any atom is -0.381 e. The van der Waals surface area contributed by atoms with Crippen LogP contribution >= 0.6 is 24.2 Å². The summed E-state index contributed by atoms with van der Waals surface area (Å²) >= 11 is 9.79. The van der Waals surface area contributed by atoms with Crippen LogP contribution < -0.4 is 10.2 Å². The van der Waals surface area contributed by atoms with Crippen LogP contribution in [0.15, 0.2) is 47.9 Å². The summed E-state index contributed by atoms with van der Waals surface area (Å²) in [5.41, 5.74) is -3.40. The van der Waals surface area contributed by atoms with Gasteiger partial charge in [-0.05, 0) is 44.0 Å². The second kappa shape index (κ2) is 9.72. The number of nitrogens with one attached hydrogen (secondary N) is 1. The van der Waals surface area contributed by atoms with Crippen molar-refractivity contribution in [3.63, 3.8) is 0 Å². The van der Waals surface area contributed by atoms with E-state index in [-0.39, 0.29) is 11.7 Å². The molecule has 3 rings (SSSR count). The minimum absolute atomic E-state index is 0.135. The number of aromatic nitrogens is 2. The first-order valence-electron chi connectivity index (χ1n) is 9.39. The molecular formula is C20H22ClFN4O3S. The fourth-order valence-corrected chi connectivity index (χ4v) is 3.63. The Bertz CT molecular complexity index is 881. The van der Waals surface area contributed by atoms with E-state index >= 15 is 0 Å². The molecule has 2 heterocycles. The van der Waals surface area contributed by atoms with Crippen LogP contribution in [0.2, 0.25) is 0 Å². The van der Waals surface area contributed by atoms with Gasteiger partial charge >= 0.3 is 0 Å². The second-order valence-electron chi connectivity index (χ2n) is 7.05. The summed E-state index contributed by atoms with van der Waals surface area (Å²) in [5.74, 6) is -1.57. The Morgan fingerprint density at radius 3 is 2.43 bits per heavy atom. The van der Waals surface area contributed by atoms with Crippen LogP contribution in [0.1, 0.15) is 25.3 Å². The van der Waals surface area contributed by atoms with E-state index in [1.807, 2.05) is 0 Å². The fourth-order valence-electron chi connectivity index (χ4n) is 3.39. The zero-order chi connectivity index (χ0) is 21.7. The second-order valence-corrected chi connectivity index (χ2v) is 7.95. The third-order valence-corrected chi connectivity index (χ3v) is 5.57. The van der Waals surface area contributed by atoms with Crippen LogP contribution in [0.4, 0.5) is 10.1 Å². The van der Waals surface area contributed by atoms with Gasteiger partial charge in [0.15, 0.2) is 5.54 Å². The number of thiol groups is 1. The number of hydrogen-bond donors (Lipinski definition) is 2. The lowest BCUT2D eigenvalue weighted by Gasteiger charge is -2.41. The Morgan fingerprint density at radius 1 is 1.27 bits per heavy atom. The predicted octanol–water partition coefficient (Wildman–Crippen LogP) is 2.84. The third-order valence-electron chi connectivity index (χ3n) is 5.08. The lowest BCUT2D eigenvalue weighted by atomic mass is 9.89. The molecule has 0 bridgehead atoms. The summed E-state index contributed by atoms with van der Waals surface area (Å²) < 4.78 is 19.4. The third kappa shape index (κ3) is 4.74. The highest BCUT2D eigenvalue weighted by Crippen LogP contribution is 2.35. The van der Waals surface area contributed by atoms with Crippen molar-refractivity contribution in [3.8, 4) is 0 Å². The maximum Gasteiger partial charge on any atom is 0.278 e. The monoisotopic (exact) mass is 452 g/mol. The Balaban J connectivity index is 2.10. The van der Waals surface area contributed by atoms with Crippen molar-refractivity contribution in [1.29, 1.82) is 0 Å². The van der Waals surface area contributed by atoms with Crippen molar-refractivity contribution in [2.24, 2.45) is 0 Å². The highest BCUT2D eigenvalue weighted by atomic mass is 35.5. The molecule has 2 atom stereocenters. The summed E-state index contributed by atoms with van der Waals surface area (Å²) in [6.07, 6.45) is 5.42. The topological polar surface area (TPSA) is 84.4 Å². The number of ether oxygens (including phenoxy) is 1. The molecule has 30 heavy (non-hydrogen) atoms. The first-order chi connectivity index (χ1) is 14.3. The van der Waals surface area contributed by atoms with Gasteiger partial charge in [-0.3, -0.25) is 14.5 Å². The zero-order valence-electron chi connectivity index (χ0n) is 16.3. The van der Waals surface area contributed by atoms with Crippen molar-refractivity contribution in [3.05, 3.63) is 48.5 Å². The van der Waals surface area contributed by atoms with Crippen molar-refractivity contribution in [2.75, 3.05) is 18.1 Å². The molecule has 0 spiro atoms. The normalized spacial score (nSPS) is 17.6. The van der Waals surface area contributed by atoms with Gasteiger partial charge in [-0.1, -0.05) is 11.6 Å². The summed E-state index contributed by atoms with van der Waals surface area (Å²) in [5, 5.41) is 2.96. The Hall–Kier alpha value is -2.23. The number of nitrogens with zero attached hydrogens (tertiary/aromatic N) is 3. The van der Waals surface area contributed by atoms with Crippen molar-refractivity contribution in [1.82, 2.24) is 15.3 Å². The number of rotatable bonds is 6. The predicted molar refractivity (Wildman–Crippen MR) is 113 cm³/mol. The Labute approximate surface area is 184 Å². The Morgan fingerprint density at radius 2 is 1.87 bits per heavy atom. The fraction of sp³-hybridized carbons (Fsp3) is 0.400. The molecule has 1 aromatic carbocycles. The van der Waals surface area contributed by atoms with E-state index in [2.05, 4.69) is 27.9 Å². The van der Waals surface area contributed by atoms with Crippen molar-refractivity contribution in [2.45, 2.75) is 41.9 Å².